The smallest absolute Gasteiger partial charge is 0.271 e. The first-order valence-electron chi connectivity index (χ1n) is 8.84. The molecule has 0 spiro atoms. The van der Waals surface area contributed by atoms with E-state index in [0.29, 0.717) is 10.4 Å². The van der Waals surface area contributed by atoms with Crippen LogP contribution in [0.15, 0.2) is 53.6 Å². The van der Waals surface area contributed by atoms with Crippen LogP contribution >= 0.6 is 11.3 Å². The number of hydrogen-bond acceptors (Lipinski definition) is 5. The highest BCUT2D eigenvalue weighted by molar-refractivity contribution is 7.16. The van der Waals surface area contributed by atoms with Crippen molar-refractivity contribution in [3.8, 4) is 0 Å². The topological polar surface area (TPSA) is 83.8 Å². The number of carbonyl (C=O) groups is 3. The summed E-state index contributed by atoms with van der Waals surface area (Å²) in [6, 6.07) is 14.7. The van der Waals surface area contributed by atoms with Gasteiger partial charge >= 0.3 is 0 Å². The third kappa shape index (κ3) is 3.46. The molecule has 4 rings (SSSR count). The maximum Gasteiger partial charge on any atom is 0.271 e. The molecule has 28 heavy (non-hydrogen) atoms. The summed E-state index contributed by atoms with van der Waals surface area (Å²) in [5.41, 5.74) is 4.89. The first-order chi connectivity index (χ1) is 13.5. The van der Waals surface area contributed by atoms with Gasteiger partial charge in [0, 0.05) is 25.5 Å². The lowest BCUT2D eigenvalue weighted by Crippen LogP contribution is -2.28. The summed E-state index contributed by atoms with van der Waals surface area (Å²) >= 11 is 1.49. The summed E-state index contributed by atoms with van der Waals surface area (Å²) in [6.07, 6.45) is 0.548. The van der Waals surface area contributed by atoms with Crippen LogP contribution in [0.4, 0.5) is 0 Å². The second-order valence-electron chi connectivity index (χ2n) is 6.53. The van der Waals surface area contributed by atoms with Gasteiger partial charge in [0.05, 0.1) is 16.8 Å². The Labute approximate surface area is 164 Å². The summed E-state index contributed by atoms with van der Waals surface area (Å²) in [4.78, 5) is 37.7. The van der Waals surface area contributed by atoms with Crippen LogP contribution in [0.3, 0.4) is 0 Å². The number of fused-ring (bicyclic) bond motifs is 1. The summed E-state index contributed by atoms with van der Waals surface area (Å²) in [6.45, 7) is 0.238. The van der Waals surface area contributed by atoms with Crippen LogP contribution in [0.1, 0.15) is 28.8 Å². The molecule has 1 aliphatic rings. The first-order valence-corrected chi connectivity index (χ1v) is 9.65. The molecule has 0 atom stereocenters. The molecule has 0 aliphatic carbocycles. The molecule has 1 fully saturated rings. The van der Waals surface area contributed by atoms with Gasteiger partial charge in [0.1, 0.15) is 0 Å². The van der Waals surface area contributed by atoms with E-state index in [9.17, 15) is 14.4 Å². The molecule has 8 heteroatoms. The number of benzene rings is 2. The highest BCUT2D eigenvalue weighted by Gasteiger charge is 2.28. The molecule has 1 N–H and O–H groups in total. The number of aromatic nitrogens is 1. The van der Waals surface area contributed by atoms with E-state index in [-0.39, 0.29) is 37.1 Å². The number of aryl methyl sites for hydroxylation is 1. The van der Waals surface area contributed by atoms with Crippen LogP contribution in [0.2, 0.25) is 0 Å². The molecule has 1 saturated heterocycles. The normalized spacial score (nSPS) is 14.9. The Morgan fingerprint density at radius 1 is 1.07 bits per heavy atom. The van der Waals surface area contributed by atoms with Gasteiger partial charge in [0.2, 0.25) is 16.6 Å². The van der Waals surface area contributed by atoms with Crippen molar-refractivity contribution in [2.45, 2.75) is 19.4 Å². The third-order valence-corrected chi connectivity index (χ3v) is 5.79. The number of nitrogens with one attached hydrogen (secondary N) is 1. The summed E-state index contributed by atoms with van der Waals surface area (Å²) in [5.74, 6) is -0.624. The van der Waals surface area contributed by atoms with Gasteiger partial charge < -0.3 is 4.57 Å². The number of thiazole rings is 1. The highest BCUT2D eigenvalue weighted by atomic mass is 32.1. The van der Waals surface area contributed by atoms with E-state index in [0.717, 1.165) is 15.8 Å². The largest absolute Gasteiger partial charge is 0.318 e. The Morgan fingerprint density at radius 3 is 2.43 bits per heavy atom. The zero-order chi connectivity index (χ0) is 19.7. The lowest BCUT2D eigenvalue weighted by Gasteiger charge is -2.13. The zero-order valence-electron chi connectivity index (χ0n) is 15.2. The van der Waals surface area contributed by atoms with Crippen LogP contribution in [-0.2, 0) is 23.2 Å². The van der Waals surface area contributed by atoms with Gasteiger partial charge in [-0.25, -0.2) is 5.43 Å². The van der Waals surface area contributed by atoms with Crippen molar-refractivity contribution < 1.29 is 14.4 Å². The molecule has 0 bridgehead atoms. The summed E-state index contributed by atoms with van der Waals surface area (Å²) in [7, 11) is 1.90. The Balaban J connectivity index is 1.47. The second kappa shape index (κ2) is 7.40. The number of rotatable bonds is 4. The van der Waals surface area contributed by atoms with Gasteiger partial charge in [0.15, 0.2) is 0 Å². The minimum Gasteiger partial charge on any atom is -0.318 e. The van der Waals surface area contributed by atoms with Gasteiger partial charge in [-0.15, -0.1) is 5.10 Å². The standard InChI is InChI=1S/C20H18N4O3S/c1-23-15-4-2-3-5-16(15)28-20(23)22-21-19(27)14-8-6-13(7-9-14)12-24-17(25)10-11-18(24)26/h2-9H,10-12H2,1H3,(H,21,27)/b22-20-. The minimum absolute atomic E-state index is 0.151. The van der Waals surface area contributed by atoms with Crippen molar-refractivity contribution in [2.75, 3.05) is 0 Å². The highest BCUT2D eigenvalue weighted by Crippen LogP contribution is 2.17. The molecule has 2 aromatic carbocycles. The molecule has 0 saturated carbocycles. The number of amides is 3. The molecule has 3 amide bonds. The zero-order valence-corrected chi connectivity index (χ0v) is 16.0. The van der Waals surface area contributed by atoms with Crippen LogP contribution in [-0.4, -0.2) is 27.2 Å². The molecule has 142 valence electrons. The van der Waals surface area contributed by atoms with Crippen LogP contribution in [0.25, 0.3) is 10.2 Å². The predicted octanol–water partition coefficient (Wildman–Crippen LogP) is 2.13. The number of likely N-dealkylation sites (tertiary alicyclic amines) is 1. The van der Waals surface area contributed by atoms with Gasteiger partial charge in [-0.3, -0.25) is 19.3 Å². The Hall–Kier alpha value is -3.26. The average molecular weight is 394 g/mol. The van der Waals surface area contributed by atoms with Gasteiger partial charge in [-0.1, -0.05) is 35.6 Å². The van der Waals surface area contributed by atoms with Crippen molar-refractivity contribution in [1.29, 1.82) is 0 Å². The molecular formula is C20H18N4O3S. The fourth-order valence-corrected chi connectivity index (χ4v) is 4.07. The van der Waals surface area contributed by atoms with E-state index in [4.69, 9.17) is 0 Å². The van der Waals surface area contributed by atoms with E-state index >= 15 is 0 Å². The summed E-state index contributed by atoms with van der Waals surface area (Å²) < 4.78 is 3.02. The fraction of sp³-hybridized carbons (Fsp3) is 0.200. The molecule has 1 aliphatic heterocycles. The van der Waals surface area contributed by atoms with E-state index in [1.807, 2.05) is 35.9 Å². The van der Waals surface area contributed by atoms with Crippen molar-refractivity contribution in [3.63, 3.8) is 0 Å². The second-order valence-corrected chi connectivity index (χ2v) is 7.54. The van der Waals surface area contributed by atoms with E-state index in [1.165, 1.54) is 16.2 Å². The third-order valence-electron chi connectivity index (χ3n) is 4.68. The van der Waals surface area contributed by atoms with Crippen molar-refractivity contribution in [2.24, 2.45) is 12.1 Å². The van der Waals surface area contributed by atoms with Gasteiger partial charge in [0.25, 0.3) is 5.91 Å². The minimum atomic E-state index is -0.322. The van der Waals surface area contributed by atoms with Gasteiger partial charge in [-0.2, -0.15) is 0 Å². The quantitative estimate of drug-likeness (QED) is 0.544. The number of nitrogens with zero attached hydrogens (tertiary/aromatic N) is 3. The maximum atomic E-state index is 12.4. The Morgan fingerprint density at radius 2 is 1.75 bits per heavy atom. The van der Waals surface area contributed by atoms with Crippen LogP contribution in [0, 0.1) is 0 Å². The monoisotopic (exact) mass is 394 g/mol. The lowest BCUT2D eigenvalue weighted by atomic mass is 10.1. The number of imide groups is 1. The van der Waals surface area contributed by atoms with Crippen LogP contribution in [0.5, 0.6) is 0 Å². The van der Waals surface area contributed by atoms with Crippen molar-refractivity contribution in [1.82, 2.24) is 14.9 Å². The molecule has 7 nitrogen and oxygen atoms in total. The SMILES string of the molecule is Cn1/c(=N/NC(=O)c2ccc(CN3C(=O)CCC3=O)cc2)sc2ccccc21. The lowest BCUT2D eigenvalue weighted by molar-refractivity contribution is -0.139. The first kappa shape index (κ1) is 18.1. The number of para-hydroxylation sites is 1. The molecule has 2 heterocycles. The number of carbonyl (C=O) groups excluding carboxylic acids is 3. The molecular weight excluding hydrogens is 376 g/mol. The fourth-order valence-electron chi connectivity index (χ4n) is 3.09. The molecule has 3 aromatic rings. The molecule has 0 unspecified atom stereocenters. The van der Waals surface area contributed by atoms with E-state index in [1.54, 1.807) is 24.3 Å². The van der Waals surface area contributed by atoms with E-state index < -0.39 is 0 Å². The van der Waals surface area contributed by atoms with Crippen LogP contribution < -0.4 is 10.2 Å². The van der Waals surface area contributed by atoms with Crippen molar-refractivity contribution >= 4 is 39.3 Å². The van der Waals surface area contributed by atoms with Gasteiger partial charge in [-0.05, 0) is 29.8 Å². The van der Waals surface area contributed by atoms with E-state index in [2.05, 4.69) is 10.5 Å². The summed E-state index contributed by atoms with van der Waals surface area (Å²) in [5, 5.41) is 4.23. The Kier molecular flexibility index (Phi) is 4.79. The maximum absolute atomic E-state index is 12.4. The molecule has 0 radical (unpaired) electrons. The predicted molar refractivity (Wildman–Crippen MR) is 105 cm³/mol. The average Bonchev–Trinajstić information content (AvgIpc) is 3.20. The molecule has 1 aromatic heterocycles. The van der Waals surface area contributed by atoms with Crippen molar-refractivity contribution in [3.05, 3.63) is 64.5 Å². The number of hydrogen-bond donors (Lipinski definition) is 1. The Bertz CT molecular complexity index is 1130.